The monoisotopic (exact) mass is 322 g/mol. The van der Waals surface area contributed by atoms with Crippen molar-refractivity contribution in [2.24, 2.45) is 5.92 Å². The van der Waals surface area contributed by atoms with Crippen LogP contribution in [0.2, 0.25) is 0 Å². The van der Waals surface area contributed by atoms with Gasteiger partial charge in [0.05, 0.1) is 5.92 Å². The lowest BCUT2D eigenvalue weighted by molar-refractivity contribution is -0.125. The van der Waals surface area contributed by atoms with Gasteiger partial charge in [-0.15, -0.1) is 0 Å². The fourth-order valence-electron chi connectivity index (χ4n) is 2.95. The Labute approximate surface area is 135 Å². The van der Waals surface area contributed by atoms with E-state index in [-0.39, 0.29) is 17.9 Å². The molecule has 3 heterocycles. The quantitative estimate of drug-likeness (QED) is 0.666. The molecule has 0 saturated carbocycles. The molecule has 1 aromatic rings. The average molecular weight is 322 g/mol. The first kappa shape index (κ1) is 15.6. The zero-order chi connectivity index (χ0) is 15.4. The molecule has 22 heavy (non-hydrogen) atoms. The number of anilines is 1. The number of nitrogens with zero attached hydrogens (tertiary/aromatic N) is 3. The second kappa shape index (κ2) is 7.28. The Kier molecular flexibility index (Phi) is 5.15. The summed E-state index contributed by atoms with van der Waals surface area (Å²) in [6.45, 7) is 3.11. The molecule has 1 amide bonds. The SMILES string of the molecule is CSc1nccc(N2CCC(C(=O)NC3CCOCC3)C2)n1. The van der Waals surface area contributed by atoms with Crippen LogP contribution < -0.4 is 10.2 Å². The number of carbonyl (C=O) groups excluding carboxylic acids is 1. The predicted octanol–water partition coefficient (Wildman–Crippen LogP) is 1.32. The molecule has 6 nitrogen and oxygen atoms in total. The van der Waals surface area contributed by atoms with Crippen LogP contribution in [0.4, 0.5) is 5.82 Å². The van der Waals surface area contributed by atoms with Gasteiger partial charge in [0.25, 0.3) is 0 Å². The molecule has 1 aromatic heterocycles. The van der Waals surface area contributed by atoms with Gasteiger partial charge in [-0.2, -0.15) is 0 Å². The number of ether oxygens (including phenoxy) is 1. The maximum Gasteiger partial charge on any atom is 0.225 e. The van der Waals surface area contributed by atoms with Crippen LogP contribution in [0.3, 0.4) is 0 Å². The van der Waals surface area contributed by atoms with Crippen molar-refractivity contribution in [2.75, 3.05) is 37.5 Å². The zero-order valence-corrected chi connectivity index (χ0v) is 13.6. The van der Waals surface area contributed by atoms with Gasteiger partial charge in [0, 0.05) is 38.5 Å². The first-order chi connectivity index (χ1) is 10.8. The third kappa shape index (κ3) is 3.70. The highest BCUT2D eigenvalue weighted by molar-refractivity contribution is 7.98. The Balaban J connectivity index is 1.55. The van der Waals surface area contributed by atoms with Gasteiger partial charge in [0.2, 0.25) is 5.91 Å². The summed E-state index contributed by atoms with van der Waals surface area (Å²) in [6.07, 6.45) is 6.47. The predicted molar refractivity (Wildman–Crippen MR) is 86.1 cm³/mol. The maximum absolute atomic E-state index is 12.4. The van der Waals surface area contributed by atoms with Crippen LogP contribution in [0, 0.1) is 5.92 Å². The zero-order valence-electron chi connectivity index (χ0n) is 12.8. The lowest BCUT2D eigenvalue weighted by Crippen LogP contribution is -2.42. The van der Waals surface area contributed by atoms with Crippen molar-refractivity contribution >= 4 is 23.5 Å². The van der Waals surface area contributed by atoms with E-state index in [1.165, 1.54) is 11.8 Å². The van der Waals surface area contributed by atoms with Gasteiger partial charge >= 0.3 is 0 Å². The Morgan fingerprint density at radius 1 is 1.41 bits per heavy atom. The molecule has 0 spiro atoms. The number of nitrogens with one attached hydrogen (secondary N) is 1. The van der Waals surface area contributed by atoms with Crippen LogP contribution >= 0.6 is 11.8 Å². The van der Waals surface area contributed by atoms with Crippen molar-refractivity contribution in [3.05, 3.63) is 12.3 Å². The van der Waals surface area contributed by atoms with E-state index in [2.05, 4.69) is 20.2 Å². The van der Waals surface area contributed by atoms with Gasteiger partial charge in [-0.05, 0) is 31.6 Å². The Morgan fingerprint density at radius 2 is 2.23 bits per heavy atom. The lowest BCUT2D eigenvalue weighted by atomic mass is 10.1. The second-order valence-electron chi connectivity index (χ2n) is 5.73. The van der Waals surface area contributed by atoms with E-state index in [9.17, 15) is 4.79 Å². The van der Waals surface area contributed by atoms with Crippen LogP contribution in [0.1, 0.15) is 19.3 Å². The van der Waals surface area contributed by atoms with Crippen molar-refractivity contribution in [2.45, 2.75) is 30.5 Å². The molecule has 7 heteroatoms. The molecule has 2 saturated heterocycles. The molecular weight excluding hydrogens is 300 g/mol. The molecule has 0 aliphatic carbocycles. The summed E-state index contributed by atoms with van der Waals surface area (Å²) >= 11 is 1.53. The molecule has 2 fully saturated rings. The summed E-state index contributed by atoms with van der Waals surface area (Å²) in [4.78, 5) is 23.3. The van der Waals surface area contributed by atoms with Crippen LogP contribution in [0.25, 0.3) is 0 Å². The van der Waals surface area contributed by atoms with Gasteiger partial charge in [-0.25, -0.2) is 9.97 Å². The molecular formula is C15H22N4O2S. The van der Waals surface area contributed by atoms with E-state index in [1.54, 1.807) is 6.20 Å². The number of rotatable bonds is 4. The van der Waals surface area contributed by atoms with Gasteiger partial charge in [0.1, 0.15) is 5.82 Å². The van der Waals surface area contributed by atoms with Gasteiger partial charge in [-0.3, -0.25) is 4.79 Å². The smallest absolute Gasteiger partial charge is 0.225 e. The highest BCUT2D eigenvalue weighted by atomic mass is 32.2. The number of thioether (sulfide) groups is 1. The summed E-state index contributed by atoms with van der Waals surface area (Å²) in [5.74, 6) is 1.14. The summed E-state index contributed by atoms with van der Waals surface area (Å²) in [7, 11) is 0. The summed E-state index contributed by atoms with van der Waals surface area (Å²) in [5, 5.41) is 3.94. The van der Waals surface area contributed by atoms with E-state index in [0.717, 1.165) is 56.5 Å². The topological polar surface area (TPSA) is 67.4 Å². The van der Waals surface area contributed by atoms with E-state index < -0.39 is 0 Å². The minimum absolute atomic E-state index is 0.0514. The average Bonchev–Trinajstić information content (AvgIpc) is 3.06. The highest BCUT2D eigenvalue weighted by Crippen LogP contribution is 2.23. The van der Waals surface area contributed by atoms with E-state index in [1.807, 2.05) is 12.3 Å². The van der Waals surface area contributed by atoms with Gasteiger partial charge < -0.3 is 15.0 Å². The van der Waals surface area contributed by atoms with Crippen molar-refractivity contribution in [1.82, 2.24) is 15.3 Å². The third-order valence-corrected chi connectivity index (χ3v) is 4.81. The first-order valence-corrected chi connectivity index (χ1v) is 8.99. The van der Waals surface area contributed by atoms with Crippen molar-refractivity contribution in [3.8, 4) is 0 Å². The molecule has 120 valence electrons. The molecule has 2 aliphatic heterocycles. The Bertz CT molecular complexity index is 522. The van der Waals surface area contributed by atoms with E-state index >= 15 is 0 Å². The highest BCUT2D eigenvalue weighted by Gasteiger charge is 2.30. The number of amides is 1. The summed E-state index contributed by atoms with van der Waals surface area (Å²) in [5.41, 5.74) is 0. The Morgan fingerprint density at radius 3 is 3.00 bits per heavy atom. The van der Waals surface area contributed by atoms with E-state index in [4.69, 9.17) is 4.74 Å². The maximum atomic E-state index is 12.4. The van der Waals surface area contributed by atoms with Crippen molar-refractivity contribution in [1.29, 1.82) is 0 Å². The van der Waals surface area contributed by atoms with Crippen molar-refractivity contribution < 1.29 is 9.53 Å². The number of hydrogen-bond acceptors (Lipinski definition) is 6. The summed E-state index contributed by atoms with van der Waals surface area (Å²) < 4.78 is 5.33. The lowest BCUT2D eigenvalue weighted by Gasteiger charge is -2.24. The Hall–Kier alpha value is -1.34. The molecule has 0 aromatic carbocycles. The normalized spacial score (nSPS) is 22.8. The molecule has 1 atom stereocenters. The molecule has 0 radical (unpaired) electrons. The van der Waals surface area contributed by atoms with Crippen LogP contribution in [-0.2, 0) is 9.53 Å². The number of hydrogen-bond donors (Lipinski definition) is 1. The summed E-state index contributed by atoms with van der Waals surface area (Å²) in [6, 6.07) is 2.19. The van der Waals surface area contributed by atoms with Gasteiger partial charge in [0.15, 0.2) is 5.16 Å². The fraction of sp³-hybridized carbons (Fsp3) is 0.667. The minimum atomic E-state index is 0.0514. The second-order valence-corrected chi connectivity index (χ2v) is 6.50. The largest absolute Gasteiger partial charge is 0.381 e. The third-order valence-electron chi connectivity index (χ3n) is 4.25. The van der Waals surface area contributed by atoms with E-state index in [0.29, 0.717) is 0 Å². The number of carbonyl (C=O) groups is 1. The molecule has 0 bridgehead atoms. The van der Waals surface area contributed by atoms with Crippen molar-refractivity contribution in [3.63, 3.8) is 0 Å². The number of aromatic nitrogens is 2. The minimum Gasteiger partial charge on any atom is -0.381 e. The standard InChI is InChI=1S/C15H22N4O2S/c1-22-15-16-6-2-13(18-15)19-7-3-11(10-19)14(20)17-12-4-8-21-9-5-12/h2,6,11-12H,3-5,7-10H2,1H3,(H,17,20). The molecule has 2 aliphatic rings. The van der Waals surface area contributed by atoms with Crippen LogP contribution in [-0.4, -0.2) is 54.5 Å². The first-order valence-electron chi connectivity index (χ1n) is 7.76. The molecule has 1 unspecified atom stereocenters. The molecule has 3 rings (SSSR count). The fourth-order valence-corrected chi connectivity index (χ4v) is 3.30. The van der Waals surface area contributed by atoms with Gasteiger partial charge in [-0.1, -0.05) is 11.8 Å². The van der Waals surface area contributed by atoms with Crippen LogP contribution in [0.5, 0.6) is 0 Å². The molecule has 1 N–H and O–H groups in total. The van der Waals surface area contributed by atoms with Crippen LogP contribution in [0.15, 0.2) is 17.4 Å².